The first-order chi connectivity index (χ1) is 15.0. The molecule has 8 heteroatoms. The van der Waals surface area contributed by atoms with E-state index >= 15 is 0 Å². The minimum Gasteiger partial charge on any atom is -0.488 e. The zero-order valence-electron chi connectivity index (χ0n) is 17.0. The number of nitrogens with zero attached hydrogens (tertiary/aromatic N) is 2. The van der Waals surface area contributed by atoms with Gasteiger partial charge in [-0.05, 0) is 58.9 Å². The van der Waals surface area contributed by atoms with Crippen LogP contribution in [0.2, 0.25) is 5.02 Å². The number of esters is 1. The highest BCUT2D eigenvalue weighted by Gasteiger charge is 2.37. The number of aliphatic imine (C=N–C) groups is 1. The molecule has 0 bridgehead atoms. The highest BCUT2D eigenvalue weighted by molar-refractivity contribution is 9.10. The average Bonchev–Trinajstić information content (AvgIpc) is 3.21. The fourth-order valence-corrected chi connectivity index (χ4v) is 4.97. The summed E-state index contributed by atoms with van der Waals surface area (Å²) in [4.78, 5) is 19.4. The van der Waals surface area contributed by atoms with E-state index in [4.69, 9.17) is 21.1 Å². The molecule has 2 aromatic rings. The Kier molecular flexibility index (Phi) is 6.74. The summed E-state index contributed by atoms with van der Waals surface area (Å²) in [6, 6.07) is 13.1. The maximum absolute atomic E-state index is 12.8. The number of benzene rings is 2. The van der Waals surface area contributed by atoms with Crippen molar-refractivity contribution in [2.75, 3.05) is 6.61 Å². The van der Waals surface area contributed by atoms with E-state index < -0.39 is 0 Å². The molecule has 1 atom stereocenters. The molecule has 0 unspecified atom stereocenters. The van der Waals surface area contributed by atoms with E-state index in [0.717, 1.165) is 20.8 Å². The second-order valence-electron chi connectivity index (χ2n) is 6.90. The van der Waals surface area contributed by atoms with Crippen molar-refractivity contribution in [1.29, 1.82) is 0 Å². The molecule has 2 heterocycles. The standard InChI is InChI=1S/C23H20BrClN2O3S/c1-3-29-22(28)20-14(2)26-23-27(10-11-31-23)21(20)15-8-9-19(17(24)12-15)30-13-16-6-4-5-7-18(16)25/h4-12,21H,3,13H2,1-2H3/t21-/m1/s1. The van der Waals surface area contributed by atoms with Gasteiger partial charge in [-0.1, -0.05) is 47.6 Å². The number of hydrogen-bond acceptors (Lipinski definition) is 6. The van der Waals surface area contributed by atoms with Crippen LogP contribution in [0.1, 0.15) is 31.0 Å². The second kappa shape index (κ2) is 9.51. The quantitative estimate of drug-likeness (QED) is 0.411. The van der Waals surface area contributed by atoms with Gasteiger partial charge in [-0.2, -0.15) is 0 Å². The Morgan fingerprint density at radius 3 is 2.84 bits per heavy atom. The Labute approximate surface area is 198 Å². The van der Waals surface area contributed by atoms with Crippen LogP contribution in [0.25, 0.3) is 0 Å². The Hall–Kier alpha value is -2.22. The summed E-state index contributed by atoms with van der Waals surface area (Å²) in [5.41, 5.74) is 3.05. The summed E-state index contributed by atoms with van der Waals surface area (Å²) in [7, 11) is 0. The molecule has 31 heavy (non-hydrogen) atoms. The lowest BCUT2D eigenvalue weighted by atomic mass is 9.95. The summed E-state index contributed by atoms with van der Waals surface area (Å²) in [6.45, 7) is 4.31. The molecule has 0 spiro atoms. The van der Waals surface area contributed by atoms with Gasteiger partial charge in [-0.3, -0.25) is 0 Å². The Morgan fingerprint density at radius 1 is 1.29 bits per heavy atom. The van der Waals surface area contributed by atoms with Crippen LogP contribution in [0, 0.1) is 0 Å². The van der Waals surface area contributed by atoms with Crippen LogP contribution in [-0.2, 0) is 16.1 Å². The number of carbonyl (C=O) groups is 1. The predicted molar refractivity (Wildman–Crippen MR) is 128 cm³/mol. The lowest BCUT2D eigenvalue weighted by molar-refractivity contribution is -0.139. The third-order valence-electron chi connectivity index (χ3n) is 4.93. The van der Waals surface area contributed by atoms with Crippen LogP contribution in [-0.4, -0.2) is 22.6 Å². The summed E-state index contributed by atoms with van der Waals surface area (Å²) >= 11 is 11.4. The van der Waals surface area contributed by atoms with Gasteiger partial charge in [0, 0.05) is 16.8 Å². The van der Waals surface area contributed by atoms with E-state index in [1.54, 1.807) is 6.92 Å². The molecule has 0 amide bonds. The fourth-order valence-electron chi connectivity index (χ4n) is 3.47. The number of halogens is 2. The van der Waals surface area contributed by atoms with Crippen molar-refractivity contribution >= 4 is 50.4 Å². The van der Waals surface area contributed by atoms with Gasteiger partial charge in [-0.25, -0.2) is 9.79 Å². The molecule has 0 saturated carbocycles. The molecule has 0 fully saturated rings. The lowest BCUT2D eigenvalue weighted by Crippen LogP contribution is -2.34. The van der Waals surface area contributed by atoms with E-state index in [0.29, 0.717) is 35.3 Å². The van der Waals surface area contributed by atoms with E-state index in [1.807, 2.05) is 65.9 Å². The number of rotatable bonds is 6. The highest BCUT2D eigenvalue weighted by Crippen LogP contribution is 2.42. The van der Waals surface area contributed by atoms with Gasteiger partial charge >= 0.3 is 5.97 Å². The number of amidine groups is 1. The monoisotopic (exact) mass is 518 g/mol. The van der Waals surface area contributed by atoms with Crippen LogP contribution in [0.3, 0.4) is 0 Å². The SMILES string of the molecule is CCOC(=O)C1=C(C)N=C2SC=CN2[C@@H]1c1ccc(OCc2ccccc2Cl)c(Br)c1. The number of fused-ring (bicyclic) bond motifs is 1. The van der Waals surface area contributed by atoms with Crippen molar-refractivity contribution in [2.24, 2.45) is 4.99 Å². The molecule has 2 aliphatic rings. The minimum atomic E-state index is -0.353. The molecule has 0 N–H and O–H groups in total. The van der Waals surface area contributed by atoms with Crippen LogP contribution in [0.4, 0.5) is 0 Å². The Balaban J connectivity index is 1.63. The molecule has 0 radical (unpaired) electrons. The van der Waals surface area contributed by atoms with Crippen molar-refractivity contribution in [3.8, 4) is 5.75 Å². The van der Waals surface area contributed by atoms with Crippen LogP contribution >= 0.6 is 39.3 Å². The number of ether oxygens (including phenoxy) is 2. The van der Waals surface area contributed by atoms with Crippen molar-refractivity contribution in [3.63, 3.8) is 0 Å². The van der Waals surface area contributed by atoms with E-state index in [1.165, 1.54) is 11.8 Å². The highest BCUT2D eigenvalue weighted by atomic mass is 79.9. The maximum Gasteiger partial charge on any atom is 0.338 e. The molecular weight excluding hydrogens is 500 g/mol. The van der Waals surface area contributed by atoms with Gasteiger partial charge in [0.05, 0.1) is 28.4 Å². The molecule has 0 aliphatic carbocycles. The maximum atomic E-state index is 12.8. The summed E-state index contributed by atoms with van der Waals surface area (Å²) < 4.78 is 12.1. The minimum absolute atomic E-state index is 0.308. The average molecular weight is 520 g/mol. The zero-order chi connectivity index (χ0) is 22.0. The van der Waals surface area contributed by atoms with Gasteiger partial charge in [0.25, 0.3) is 0 Å². The van der Waals surface area contributed by atoms with Crippen molar-refractivity contribution in [3.05, 3.63) is 86.0 Å². The van der Waals surface area contributed by atoms with E-state index in [2.05, 4.69) is 20.9 Å². The number of carbonyl (C=O) groups excluding carboxylic acids is 1. The van der Waals surface area contributed by atoms with Crippen molar-refractivity contribution < 1.29 is 14.3 Å². The summed E-state index contributed by atoms with van der Waals surface area (Å²) in [6.07, 6.45) is 1.94. The van der Waals surface area contributed by atoms with Crippen molar-refractivity contribution in [1.82, 2.24) is 4.90 Å². The van der Waals surface area contributed by atoms with Gasteiger partial charge < -0.3 is 14.4 Å². The summed E-state index contributed by atoms with van der Waals surface area (Å²) in [5.74, 6) is 0.339. The first-order valence-corrected chi connectivity index (χ1v) is 11.8. The van der Waals surface area contributed by atoms with Crippen LogP contribution in [0.5, 0.6) is 5.75 Å². The fraction of sp³-hybridized carbons (Fsp3) is 0.217. The van der Waals surface area contributed by atoms with Crippen LogP contribution < -0.4 is 4.74 Å². The Bertz CT molecular complexity index is 1120. The summed E-state index contributed by atoms with van der Waals surface area (Å²) in [5, 5.41) is 3.47. The number of thioether (sulfide) groups is 1. The molecule has 5 nitrogen and oxygen atoms in total. The smallest absolute Gasteiger partial charge is 0.338 e. The molecule has 2 aromatic carbocycles. The van der Waals surface area contributed by atoms with Crippen LogP contribution in [0.15, 0.2) is 74.8 Å². The second-order valence-corrected chi connectivity index (χ2v) is 9.03. The molecule has 160 valence electrons. The first-order valence-electron chi connectivity index (χ1n) is 9.73. The number of hydrogen-bond donors (Lipinski definition) is 0. The zero-order valence-corrected chi connectivity index (χ0v) is 20.1. The van der Waals surface area contributed by atoms with Gasteiger partial charge in [0.15, 0.2) is 5.17 Å². The molecule has 4 rings (SSSR count). The Morgan fingerprint density at radius 2 is 2.10 bits per heavy atom. The van der Waals surface area contributed by atoms with E-state index in [9.17, 15) is 4.79 Å². The first kappa shape index (κ1) is 22.0. The normalized spacial score (nSPS) is 17.5. The third kappa shape index (κ3) is 4.54. The van der Waals surface area contributed by atoms with Crippen molar-refractivity contribution in [2.45, 2.75) is 26.5 Å². The molecular formula is C23H20BrClN2O3S. The van der Waals surface area contributed by atoms with Gasteiger partial charge in [0.2, 0.25) is 0 Å². The van der Waals surface area contributed by atoms with E-state index in [-0.39, 0.29) is 12.0 Å². The topological polar surface area (TPSA) is 51.1 Å². The van der Waals surface area contributed by atoms with Gasteiger partial charge in [0.1, 0.15) is 12.4 Å². The predicted octanol–water partition coefficient (Wildman–Crippen LogP) is 6.45. The lowest BCUT2D eigenvalue weighted by Gasteiger charge is -2.33. The van der Waals surface area contributed by atoms with Gasteiger partial charge in [-0.15, -0.1) is 0 Å². The molecule has 0 aromatic heterocycles. The number of allylic oxidation sites excluding steroid dienone is 1. The molecule has 2 aliphatic heterocycles. The third-order valence-corrected chi connectivity index (χ3v) is 6.69. The molecule has 0 saturated heterocycles. The largest absolute Gasteiger partial charge is 0.488 e.